The van der Waals surface area contributed by atoms with Gasteiger partial charge in [-0.2, -0.15) is 0 Å². The van der Waals surface area contributed by atoms with Crippen LogP contribution in [0.4, 0.5) is 0 Å². The van der Waals surface area contributed by atoms with Gasteiger partial charge in [0.15, 0.2) is 0 Å². The Hall–Kier alpha value is -1.56. The molecule has 0 heterocycles. The Bertz CT molecular complexity index is 658. The van der Waals surface area contributed by atoms with Crippen LogP contribution in [0.1, 0.15) is 74.3 Å². The van der Waals surface area contributed by atoms with E-state index in [1.54, 1.807) is 16.7 Å². The summed E-state index contributed by atoms with van der Waals surface area (Å²) in [6, 6.07) is 16.3. The Morgan fingerprint density at radius 3 is 2.50 bits per heavy atom. The molecular formula is C22H28. The molecule has 22 heavy (non-hydrogen) atoms. The topological polar surface area (TPSA) is 0 Å². The quantitative estimate of drug-likeness (QED) is 0.635. The van der Waals surface area contributed by atoms with Crippen molar-refractivity contribution in [1.82, 2.24) is 0 Å². The van der Waals surface area contributed by atoms with E-state index in [2.05, 4.69) is 70.2 Å². The van der Waals surface area contributed by atoms with E-state index < -0.39 is 0 Å². The molecule has 3 rings (SSSR count). The van der Waals surface area contributed by atoms with E-state index in [0.717, 1.165) is 6.42 Å². The Kier molecular flexibility index (Phi) is 4.12. The SMILES string of the molecule is CCc1ccc(C(C)(C)C)cc1C1CCCc2ccccc21. The van der Waals surface area contributed by atoms with Gasteiger partial charge in [0, 0.05) is 5.92 Å². The highest BCUT2D eigenvalue weighted by Gasteiger charge is 2.24. The van der Waals surface area contributed by atoms with Gasteiger partial charge in [0.05, 0.1) is 0 Å². The highest BCUT2D eigenvalue weighted by molar-refractivity contribution is 5.45. The second kappa shape index (κ2) is 5.91. The van der Waals surface area contributed by atoms with Crippen molar-refractivity contribution in [3.63, 3.8) is 0 Å². The van der Waals surface area contributed by atoms with E-state index >= 15 is 0 Å². The van der Waals surface area contributed by atoms with Crippen LogP contribution in [0.2, 0.25) is 0 Å². The molecule has 2 aromatic rings. The summed E-state index contributed by atoms with van der Waals surface area (Å²) in [6.07, 6.45) is 4.97. The fourth-order valence-electron chi connectivity index (χ4n) is 3.78. The van der Waals surface area contributed by atoms with Crippen LogP contribution < -0.4 is 0 Å². The molecule has 1 aliphatic carbocycles. The first-order chi connectivity index (χ1) is 10.5. The minimum Gasteiger partial charge on any atom is -0.0620 e. The van der Waals surface area contributed by atoms with Gasteiger partial charge in [-0.3, -0.25) is 0 Å². The van der Waals surface area contributed by atoms with Crippen molar-refractivity contribution in [2.45, 2.75) is 64.7 Å². The minimum absolute atomic E-state index is 0.217. The largest absolute Gasteiger partial charge is 0.0620 e. The second-order valence-corrected chi connectivity index (χ2v) is 7.66. The van der Waals surface area contributed by atoms with Crippen molar-refractivity contribution < 1.29 is 0 Å². The van der Waals surface area contributed by atoms with E-state index in [-0.39, 0.29) is 5.41 Å². The van der Waals surface area contributed by atoms with Gasteiger partial charge in [0.1, 0.15) is 0 Å². The molecule has 116 valence electrons. The van der Waals surface area contributed by atoms with E-state index in [1.807, 2.05) is 0 Å². The lowest BCUT2D eigenvalue weighted by molar-refractivity contribution is 0.581. The smallest absolute Gasteiger partial charge is 0.00950 e. The molecular weight excluding hydrogens is 264 g/mol. The lowest BCUT2D eigenvalue weighted by Gasteiger charge is -2.29. The van der Waals surface area contributed by atoms with Crippen LogP contribution in [-0.4, -0.2) is 0 Å². The minimum atomic E-state index is 0.217. The van der Waals surface area contributed by atoms with Gasteiger partial charge in [-0.25, -0.2) is 0 Å². The summed E-state index contributed by atoms with van der Waals surface area (Å²) in [5, 5.41) is 0. The molecule has 0 fully saturated rings. The number of rotatable bonds is 2. The van der Waals surface area contributed by atoms with Crippen LogP contribution in [0.15, 0.2) is 42.5 Å². The first-order valence-corrected chi connectivity index (χ1v) is 8.72. The van der Waals surface area contributed by atoms with Crippen LogP contribution in [0.25, 0.3) is 0 Å². The summed E-state index contributed by atoms with van der Waals surface area (Å²) in [5.74, 6) is 0.585. The monoisotopic (exact) mass is 292 g/mol. The van der Waals surface area contributed by atoms with E-state index in [1.165, 1.54) is 30.4 Å². The standard InChI is InChI=1S/C22H28/c1-5-16-13-14-18(22(2,3)4)15-21(16)20-12-8-10-17-9-6-7-11-19(17)20/h6-7,9,11,13-15,20H,5,8,10,12H2,1-4H3. The molecule has 0 N–H and O–H groups in total. The van der Waals surface area contributed by atoms with E-state index in [4.69, 9.17) is 0 Å². The predicted octanol–water partition coefficient (Wildman–Crippen LogP) is 6.01. The Balaban J connectivity index is 2.12. The van der Waals surface area contributed by atoms with Crippen molar-refractivity contribution in [3.8, 4) is 0 Å². The number of hydrogen-bond donors (Lipinski definition) is 0. The van der Waals surface area contributed by atoms with E-state index in [9.17, 15) is 0 Å². The summed E-state index contributed by atoms with van der Waals surface area (Å²) in [6.45, 7) is 9.22. The first kappa shape index (κ1) is 15.3. The van der Waals surface area contributed by atoms with Crippen molar-refractivity contribution >= 4 is 0 Å². The van der Waals surface area contributed by atoms with Crippen molar-refractivity contribution in [3.05, 3.63) is 70.3 Å². The molecule has 1 aliphatic rings. The molecule has 0 amide bonds. The van der Waals surface area contributed by atoms with Gasteiger partial charge in [-0.1, -0.05) is 70.2 Å². The Morgan fingerprint density at radius 1 is 1.00 bits per heavy atom. The average molecular weight is 292 g/mol. The molecule has 0 bridgehead atoms. The average Bonchev–Trinajstić information content (AvgIpc) is 2.53. The van der Waals surface area contributed by atoms with Crippen molar-refractivity contribution in [1.29, 1.82) is 0 Å². The van der Waals surface area contributed by atoms with Crippen molar-refractivity contribution in [2.75, 3.05) is 0 Å². The number of aryl methyl sites for hydroxylation is 2. The fourth-order valence-corrected chi connectivity index (χ4v) is 3.78. The van der Waals surface area contributed by atoms with Crippen LogP contribution >= 0.6 is 0 Å². The summed E-state index contributed by atoms with van der Waals surface area (Å²) >= 11 is 0. The molecule has 1 atom stereocenters. The number of hydrogen-bond acceptors (Lipinski definition) is 0. The molecule has 0 spiro atoms. The zero-order chi connectivity index (χ0) is 15.7. The van der Waals surface area contributed by atoms with Crippen LogP contribution in [0, 0.1) is 0 Å². The van der Waals surface area contributed by atoms with E-state index in [0.29, 0.717) is 5.92 Å². The van der Waals surface area contributed by atoms with Crippen molar-refractivity contribution in [2.24, 2.45) is 0 Å². The molecule has 0 heteroatoms. The lowest BCUT2D eigenvalue weighted by Crippen LogP contribution is -2.16. The summed E-state index contributed by atoms with van der Waals surface area (Å²) < 4.78 is 0. The molecule has 0 saturated heterocycles. The number of fused-ring (bicyclic) bond motifs is 1. The highest BCUT2D eigenvalue weighted by Crippen LogP contribution is 2.39. The van der Waals surface area contributed by atoms with Crippen LogP contribution in [-0.2, 0) is 18.3 Å². The third kappa shape index (κ3) is 2.84. The third-order valence-corrected chi connectivity index (χ3v) is 5.14. The van der Waals surface area contributed by atoms with Gasteiger partial charge < -0.3 is 0 Å². The first-order valence-electron chi connectivity index (χ1n) is 8.72. The molecule has 0 aromatic heterocycles. The normalized spacial score (nSPS) is 18.1. The summed E-state index contributed by atoms with van der Waals surface area (Å²) in [5.41, 5.74) is 7.89. The Morgan fingerprint density at radius 2 is 1.77 bits per heavy atom. The molecule has 0 saturated carbocycles. The van der Waals surface area contributed by atoms with Gasteiger partial charge in [0.25, 0.3) is 0 Å². The van der Waals surface area contributed by atoms with Gasteiger partial charge in [-0.05, 0) is 58.9 Å². The Labute approximate surface area is 135 Å². The summed E-state index contributed by atoms with van der Waals surface area (Å²) in [4.78, 5) is 0. The molecule has 0 radical (unpaired) electrons. The fraction of sp³-hybridized carbons (Fsp3) is 0.455. The number of benzene rings is 2. The maximum absolute atomic E-state index is 2.49. The zero-order valence-electron chi connectivity index (χ0n) is 14.4. The third-order valence-electron chi connectivity index (χ3n) is 5.14. The second-order valence-electron chi connectivity index (χ2n) is 7.66. The molecule has 0 nitrogen and oxygen atoms in total. The molecule has 0 aliphatic heterocycles. The van der Waals surface area contributed by atoms with Gasteiger partial charge >= 0.3 is 0 Å². The highest BCUT2D eigenvalue weighted by atomic mass is 14.3. The van der Waals surface area contributed by atoms with Crippen LogP contribution in [0.5, 0.6) is 0 Å². The lowest BCUT2D eigenvalue weighted by atomic mass is 9.75. The molecule has 2 aromatic carbocycles. The van der Waals surface area contributed by atoms with Crippen LogP contribution in [0.3, 0.4) is 0 Å². The summed E-state index contributed by atoms with van der Waals surface area (Å²) in [7, 11) is 0. The predicted molar refractivity (Wildman–Crippen MR) is 95.7 cm³/mol. The maximum atomic E-state index is 2.49. The van der Waals surface area contributed by atoms with Gasteiger partial charge in [-0.15, -0.1) is 0 Å². The zero-order valence-corrected chi connectivity index (χ0v) is 14.4. The molecule has 1 unspecified atom stereocenters. The maximum Gasteiger partial charge on any atom is 0.00950 e. The van der Waals surface area contributed by atoms with Gasteiger partial charge in [0.2, 0.25) is 0 Å².